The van der Waals surface area contributed by atoms with E-state index >= 15 is 0 Å². The van der Waals surface area contributed by atoms with Crippen LogP contribution < -0.4 is 9.21 Å². The number of nitro groups is 1. The van der Waals surface area contributed by atoms with Gasteiger partial charge in [0.2, 0.25) is 0 Å². The molecule has 8 nitrogen and oxygen atoms in total. The third-order valence-corrected chi connectivity index (χ3v) is 6.35. The van der Waals surface area contributed by atoms with Gasteiger partial charge in [0.15, 0.2) is 0 Å². The number of rotatable bonds is 8. The Morgan fingerprint density at radius 3 is 2.38 bits per heavy atom. The highest BCUT2D eigenvalue weighted by molar-refractivity contribution is 7.92. The fraction of sp³-hybridized carbons (Fsp3) is 0.200. The smallest absolute Gasteiger partial charge is 0.293 e. The molecule has 2 aromatic carbocycles. The first-order valence-electron chi connectivity index (χ1n) is 8.94. The van der Waals surface area contributed by atoms with Gasteiger partial charge in [0, 0.05) is 19.7 Å². The van der Waals surface area contributed by atoms with Crippen molar-refractivity contribution < 1.29 is 17.8 Å². The van der Waals surface area contributed by atoms with Gasteiger partial charge in [-0.3, -0.25) is 14.4 Å². The van der Waals surface area contributed by atoms with E-state index in [1.807, 2.05) is 0 Å². The lowest BCUT2D eigenvalue weighted by molar-refractivity contribution is -0.384. The minimum atomic E-state index is -3.96. The van der Waals surface area contributed by atoms with Gasteiger partial charge >= 0.3 is 0 Å². The first-order valence-corrected chi connectivity index (χ1v) is 10.4. The second-order valence-electron chi connectivity index (χ2n) is 6.35. The molecule has 0 fully saturated rings. The quantitative estimate of drug-likeness (QED) is 0.407. The number of benzene rings is 2. The molecule has 0 unspecified atom stereocenters. The van der Waals surface area contributed by atoms with Crippen LogP contribution in [0.15, 0.2) is 76.2 Å². The molecule has 1 heterocycles. The van der Waals surface area contributed by atoms with Crippen LogP contribution in [0, 0.1) is 10.1 Å². The van der Waals surface area contributed by atoms with E-state index in [9.17, 15) is 18.5 Å². The molecule has 1 aromatic heterocycles. The maximum Gasteiger partial charge on any atom is 0.293 e. The molecule has 0 aliphatic carbocycles. The predicted octanol–water partition coefficient (Wildman–Crippen LogP) is 4.04. The van der Waals surface area contributed by atoms with Gasteiger partial charge in [0.25, 0.3) is 15.7 Å². The van der Waals surface area contributed by atoms with Crippen molar-refractivity contribution in [3.05, 3.63) is 82.8 Å². The third kappa shape index (κ3) is 4.24. The summed E-state index contributed by atoms with van der Waals surface area (Å²) >= 11 is 0. The van der Waals surface area contributed by atoms with E-state index in [1.54, 1.807) is 61.3 Å². The Hall–Kier alpha value is -3.33. The van der Waals surface area contributed by atoms with Crippen LogP contribution in [-0.2, 0) is 16.6 Å². The van der Waals surface area contributed by atoms with Crippen molar-refractivity contribution in [2.24, 2.45) is 0 Å². The first kappa shape index (κ1) is 20.4. The first-order chi connectivity index (χ1) is 13.8. The average molecular weight is 415 g/mol. The molecular formula is C20H21N3O5S. The Balaban J connectivity index is 2.00. The fourth-order valence-electron chi connectivity index (χ4n) is 3.07. The molecule has 152 valence electrons. The lowest BCUT2D eigenvalue weighted by Gasteiger charge is -2.23. The van der Waals surface area contributed by atoms with Crippen molar-refractivity contribution in [3.8, 4) is 0 Å². The van der Waals surface area contributed by atoms with Crippen molar-refractivity contribution in [1.29, 1.82) is 0 Å². The molecular weight excluding hydrogens is 394 g/mol. The number of sulfonamides is 1. The van der Waals surface area contributed by atoms with Crippen LogP contribution in [0.4, 0.5) is 17.1 Å². The van der Waals surface area contributed by atoms with E-state index in [4.69, 9.17) is 4.42 Å². The highest BCUT2D eigenvalue weighted by Crippen LogP contribution is 2.33. The maximum absolute atomic E-state index is 13.2. The maximum atomic E-state index is 13.2. The summed E-state index contributed by atoms with van der Waals surface area (Å²) in [7, 11) is -2.28. The number of nitro benzene ring substituents is 1. The lowest BCUT2D eigenvalue weighted by Crippen LogP contribution is -2.30. The van der Waals surface area contributed by atoms with Gasteiger partial charge in [-0.2, -0.15) is 0 Å². The van der Waals surface area contributed by atoms with Crippen LogP contribution in [0.2, 0.25) is 0 Å². The summed E-state index contributed by atoms with van der Waals surface area (Å²) in [5.41, 5.74) is 0.508. The molecule has 0 spiro atoms. The molecule has 0 bridgehead atoms. The van der Waals surface area contributed by atoms with Crippen LogP contribution in [-0.4, -0.2) is 26.9 Å². The molecule has 29 heavy (non-hydrogen) atoms. The van der Waals surface area contributed by atoms with Crippen LogP contribution in [0.3, 0.4) is 0 Å². The van der Waals surface area contributed by atoms with Crippen LogP contribution >= 0.6 is 0 Å². The number of hydrogen-bond acceptors (Lipinski definition) is 6. The van der Waals surface area contributed by atoms with Gasteiger partial charge in [0.05, 0.1) is 28.3 Å². The van der Waals surface area contributed by atoms with E-state index < -0.39 is 14.9 Å². The van der Waals surface area contributed by atoms with Crippen LogP contribution in [0.5, 0.6) is 0 Å². The summed E-state index contributed by atoms with van der Waals surface area (Å²) in [5.74, 6) is 0.639. The highest BCUT2D eigenvalue weighted by Gasteiger charge is 2.28. The summed E-state index contributed by atoms with van der Waals surface area (Å²) in [5, 5.41) is 11.7. The molecule has 3 aromatic rings. The van der Waals surface area contributed by atoms with Gasteiger partial charge in [-0.25, -0.2) is 8.42 Å². The molecule has 0 aliphatic heterocycles. The van der Waals surface area contributed by atoms with Crippen molar-refractivity contribution in [1.82, 2.24) is 0 Å². The number of hydrogen-bond donors (Lipinski definition) is 0. The van der Waals surface area contributed by atoms with Gasteiger partial charge in [-0.1, -0.05) is 18.2 Å². The molecule has 0 radical (unpaired) electrons. The van der Waals surface area contributed by atoms with Crippen LogP contribution in [0.1, 0.15) is 12.7 Å². The lowest BCUT2D eigenvalue weighted by atomic mass is 10.2. The Bertz CT molecular complexity index is 1080. The zero-order chi connectivity index (χ0) is 21.0. The van der Waals surface area contributed by atoms with Crippen molar-refractivity contribution in [2.45, 2.75) is 18.4 Å². The topological polar surface area (TPSA) is 96.9 Å². The van der Waals surface area contributed by atoms with Crippen molar-refractivity contribution >= 4 is 27.1 Å². The van der Waals surface area contributed by atoms with E-state index in [-0.39, 0.29) is 17.1 Å². The number of para-hydroxylation sites is 1. The average Bonchev–Trinajstić information content (AvgIpc) is 3.21. The van der Waals surface area contributed by atoms with E-state index in [2.05, 4.69) is 0 Å². The monoisotopic (exact) mass is 415 g/mol. The molecule has 3 rings (SSSR count). The second kappa shape index (κ2) is 8.36. The van der Waals surface area contributed by atoms with E-state index in [1.165, 1.54) is 22.7 Å². The number of anilines is 2. The summed E-state index contributed by atoms with van der Waals surface area (Å²) < 4.78 is 32.8. The Morgan fingerprint density at radius 2 is 1.79 bits per heavy atom. The van der Waals surface area contributed by atoms with Crippen LogP contribution in [0.25, 0.3) is 0 Å². The zero-order valence-corrected chi connectivity index (χ0v) is 16.9. The largest absolute Gasteiger partial charge is 0.467 e. The normalized spacial score (nSPS) is 11.2. The summed E-state index contributed by atoms with van der Waals surface area (Å²) in [6, 6.07) is 16.1. The SMILES string of the molecule is CCN(c1ccccc1)S(=O)(=O)c1ccc(N(C)Cc2ccco2)c([N+](=O)[O-])c1. The molecule has 0 saturated heterocycles. The summed E-state index contributed by atoms with van der Waals surface area (Å²) in [6.07, 6.45) is 1.52. The van der Waals surface area contributed by atoms with Gasteiger partial charge in [-0.15, -0.1) is 0 Å². The van der Waals surface area contributed by atoms with Crippen molar-refractivity contribution in [3.63, 3.8) is 0 Å². The molecule has 0 saturated carbocycles. The Morgan fingerprint density at radius 1 is 1.07 bits per heavy atom. The summed E-state index contributed by atoms with van der Waals surface area (Å²) in [6.45, 7) is 2.22. The van der Waals surface area contributed by atoms with Gasteiger partial charge in [-0.05, 0) is 43.3 Å². The number of furan rings is 1. The van der Waals surface area contributed by atoms with E-state index in [0.717, 1.165) is 6.07 Å². The minimum absolute atomic E-state index is 0.134. The fourth-order valence-corrected chi connectivity index (χ4v) is 4.56. The standard InChI is InChI=1S/C20H21N3O5S/c1-3-22(16-8-5-4-6-9-16)29(26,27)18-11-12-19(20(14-18)23(24)25)21(2)15-17-10-7-13-28-17/h4-14H,3,15H2,1-2H3. The number of nitrogens with zero attached hydrogens (tertiary/aromatic N) is 3. The van der Waals surface area contributed by atoms with Gasteiger partial charge in [0.1, 0.15) is 11.4 Å². The van der Waals surface area contributed by atoms with Crippen molar-refractivity contribution in [2.75, 3.05) is 22.8 Å². The summed E-state index contributed by atoms with van der Waals surface area (Å²) in [4.78, 5) is 12.6. The Labute approximate surface area is 169 Å². The highest BCUT2D eigenvalue weighted by atomic mass is 32.2. The molecule has 0 N–H and O–H groups in total. The zero-order valence-electron chi connectivity index (χ0n) is 16.1. The Kier molecular flexibility index (Phi) is 5.88. The van der Waals surface area contributed by atoms with E-state index in [0.29, 0.717) is 23.7 Å². The molecule has 0 amide bonds. The van der Waals surface area contributed by atoms with Gasteiger partial charge < -0.3 is 9.32 Å². The molecule has 9 heteroatoms. The second-order valence-corrected chi connectivity index (χ2v) is 8.21. The molecule has 0 aliphatic rings. The predicted molar refractivity (Wildman–Crippen MR) is 111 cm³/mol. The third-order valence-electron chi connectivity index (χ3n) is 4.45. The minimum Gasteiger partial charge on any atom is -0.467 e. The molecule has 0 atom stereocenters.